The molecule has 2 heterocycles. The van der Waals surface area contributed by atoms with Gasteiger partial charge in [-0.15, -0.1) is 0 Å². The maximum absolute atomic E-state index is 11.1. The molecule has 0 saturated carbocycles. The Morgan fingerprint density at radius 1 is 0.933 bits per heavy atom. The van der Waals surface area contributed by atoms with E-state index in [-0.39, 0.29) is 0 Å². The predicted octanol–water partition coefficient (Wildman–Crippen LogP) is 5.52. The van der Waals surface area contributed by atoms with Gasteiger partial charge in [0, 0.05) is 42.0 Å². The van der Waals surface area contributed by atoms with E-state index in [4.69, 9.17) is 11.6 Å². The number of halogens is 1. The highest BCUT2D eigenvalue weighted by Gasteiger charge is 2.33. The quantitative estimate of drug-likeness (QED) is 0.475. The molecule has 2 aliphatic rings. The summed E-state index contributed by atoms with van der Waals surface area (Å²) in [6, 6.07) is 20.3. The highest BCUT2D eigenvalue weighted by molar-refractivity contribution is 6.30. The molecule has 0 bridgehead atoms. The van der Waals surface area contributed by atoms with Gasteiger partial charge < -0.3 is 10.0 Å². The number of benzene rings is 2. The number of likely N-dealkylation sites (tertiary alicyclic amines) is 1. The molecule has 1 aliphatic heterocycles. The Kier molecular flexibility index (Phi) is 5.20. The van der Waals surface area contributed by atoms with Gasteiger partial charge in [-0.2, -0.15) is 0 Å². The molecule has 152 valence electrons. The Balaban J connectivity index is 1.25. The van der Waals surface area contributed by atoms with Gasteiger partial charge in [-0.3, -0.25) is 4.98 Å². The molecule has 4 heteroatoms. The average molecular weight is 417 g/mol. The molecule has 3 nitrogen and oxygen atoms in total. The number of aromatic nitrogens is 1. The minimum absolute atomic E-state index is 0.707. The van der Waals surface area contributed by atoms with Gasteiger partial charge >= 0.3 is 0 Å². The van der Waals surface area contributed by atoms with E-state index in [0.717, 1.165) is 50.2 Å². The first-order valence-corrected chi connectivity index (χ1v) is 11.0. The van der Waals surface area contributed by atoms with Crippen molar-refractivity contribution >= 4 is 17.2 Å². The Morgan fingerprint density at radius 3 is 2.40 bits per heavy atom. The van der Waals surface area contributed by atoms with Crippen molar-refractivity contribution in [1.82, 2.24) is 9.88 Å². The van der Waals surface area contributed by atoms with Gasteiger partial charge in [0.25, 0.3) is 0 Å². The summed E-state index contributed by atoms with van der Waals surface area (Å²) < 4.78 is 0. The number of piperidine rings is 1. The molecular weight excluding hydrogens is 392 g/mol. The summed E-state index contributed by atoms with van der Waals surface area (Å²) in [4.78, 5) is 7.06. The van der Waals surface area contributed by atoms with Crippen LogP contribution in [-0.4, -0.2) is 34.6 Å². The van der Waals surface area contributed by atoms with Crippen LogP contribution in [0.1, 0.15) is 36.0 Å². The lowest BCUT2D eigenvalue weighted by Crippen LogP contribution is -2.42. The van der Waals surface area contributed by atoms with E-state index in [9.17, 15) is 5.11 Å². The Bertz CT molecular complexity index is 1030. The molecule has 1 aliphatic carbocycles. The first kappa shape index (κ1) is 19.5. The molecule has 1 N–H and O–H groups in total. The van der Waals surface area contributed by atoms with E-state index in [2.05, 4.69) is 46.3 Å². The van der Waals surface area contributed by atoms with Crippen molar-refractivity contribution in [2.45, 2.75) is 24.9 Å². The van der Waals surface area contributed by atoms with Crippen molar-refractivity contribution in [3.8, 4) is 11.3 Å². The van der Waals surface area contributed by atoms with Gasteiger partial charge in [0.05, 0.1) is 11.3 Å². The number of hydrogen-bond donors (Lipinski definition) is 1. The molecule has 5 rings (SSSR count). The topological polar surface area (TPSA) is 36.4 Å². The predicted molar refractivity (Wildman–Crippen MR) is 122 cm³/mol. The summed E-state index contributed by atoms with van der Waals surface area (Å²) in [6.07, 6.45) is 6.71. The standard InChI is InChI=1S/C26H25ClN2O/c27-20-11-9-19(10-12-20)26(30)13-17-29(18-14-26)16-4-8-22-21-5-1-2-6-23(21)25-24(22)7-3-15-28-25/h1-3,5-12,15,30H,4,13-14,16-18H2. The lowest BCUT2D eigenvalue weighted by atomic mass is 9.84. The summed E-state index contributed by atoms with van der Waals surface area (Å²) in [5.74, 6) is 0. The maximum Gasteiger partial charge on any atom is 0.0920 e. The molecule has 1 aromatic heterocycles. The summed E-state index contributed by atoms with van der Waals surface area (Å²) in [7, 11) is 0. The van der Waals surface area contributed by atoms with Crippen LogP contribution in [0, 0.1) is 0 Å². The van der Waals surface area contributed by atoms with E-state index >= 15 is 0 Å². The molecule has 2 aromatic carbocycles. The number of nitrogens with zero attached hydrogens (tertiary/aromatic N) is 2. The Morgan fingerprint density at radius 2 is 1.63 bits per heavy atom. The molecule has 0 radical (unpaired) electrons. The fourth-order valence-electron chi connectivity index (χ4n) is 4.71. The summed E-state index contributed by atoms with van der Waals surface area (Å²) >= 11 is 5.99. The largest absolute Gasteiger partial charge is 0.385 e. The van der Waals surface area contributed by atoms with Crippen molar-refractivity contribution in [2.75, 3.05) is 19.6 Å². The zero-order chi connectivity index (χ0) is 20.6. The SMILES string of the molecule is OC1(c2ccc(Cl)cc2)CCN(CCC=C2c3ccccc3-c3ncccc32)CC1. The van der Waals surface area contributed by atoms with E-state index in [1.165, 1.54) is 22.3 Å². The molecule has 0 atom stereocenters. The van der Waals surface area contributed by atoms with E-state index in [1.54, 1.807) is 0 Å². The molecule has 0 amide bonds. The maximum atomic E-state index is 11.1. The van der Waals surface area contributed by atoms with Crippen LogP contribution in [-0.2, 0) is 5.60 Å². The van der Waals surface area contributed by atoms with Crippen LogP contribution in [0.15, 0.2) is 72.9 Å². The molecule has 0 unspecified atom stereocenters. The minimum atomic E-state index is -0.742. The first-order valence-electron chi connectivity index (χ1n) is 10.6. The van der Waals surface area contributed by atoms with Gasteiger partial charge in [-0.1, -0.05) is 60.1 Å². The van der Waals surface area contributed by atoms with Crippen LogP contribution in [0.5, 0.6) is 0 Å². The lowest BCUT2D eigenvalue weighted by molar-refractivity contribution is -0.0254. The number of pyridine rings is 1. The summed E-state index contributed by atoms with van der Waals surface area (Å²) in [6.45, 7) is 2.80. The molecule has 3 aromatic rings. The smallest absolute Gasteiger partial charge is 0.0920 e. The monoisotopic (exact) mass is 416 g/mol. The van der Waals surface area contributed by atoms with Gasteiger partial charge in [0.2, 0.25) is 0 Å². The highest BCUT2D eigenvalue weighted by Crippen LogP contribution is 2.42. The Labute approximate surface area is 182 Å². The van der Waals surface area contributed by atoms with Crippen molar-refractivity contribution in [3.63, 3.8) is 0 Å². The minimum Gasteiger partial charge on any atom is -0.385 e. The van der Waals surface area contributed by atoms with Crippen LogP contribution in [0.2, 0.25) is 5.02 Å². The summed E-state index contributed by atoms with van der Waals surface area (Å²) in [5.41, 5.74) is 6.35. The van der Waals surface area contributed by atoms with Crippen LogP contribution in [0.25, 0.3) is 16.8 Å². The second-order valence-electron chi connectivity index (χ2n) is 8.23. The van der Waals surface area contributed by atoms with E-state index in [0.29, 0.717) is 5.02 Å². The van der Waals surface area contributed by atoms with Gasteiger partial charge in [-0.05, 0) is 54.2 Å². The van der Waals surface area contributed by atoms with Crippen molar-refractivity contribution in [1.29, 1.82) is 0 Å². The van der Waals surface area contributed by atoms with Crippen LogP contribution < -0.4 is 0 Å². The van der Waals surface area contributed by atoms with E-state index in [1.807, 2.05) is 36.5 Å². The number of hydrogen-bond acceptors (Lipinski definition) is 3. The van der Waals surface area contributed by atoms with Gasteiger partial charge in [0.15, 0.2) is 0 Å². The van der Waals surface area contributed by atoms with Crippen molar-refractivity contribution in [2.24, 2.45) is 0 Å². The zero-order valence-electron chi connectivity index (χ0n) is 16.9. The highest BCUT2D eigenvalue weighted by atomic mass is 35.5. The molecule has 30 heavy (non-hydrogen) atoms. The molecule has 0 spiro atoms. The normalized spacial score (nSPS) is 18.9. The summed E-state index contributed by atoms with van der Waals surface area (Å²) in [5, 5.41) is 11.8. The third kappa shape index (κ3) is 3.58. The molecular formula is C26H25ClN2O. The Hall–Kier alpha value is -2.46. The fraction of sp³-hybridized carbons (Fsp3) is 0.269. The molecule has 1 saturated heterocycles. The second-order valence-corrected chi connectivity index (χ2v) is 8.67. The number of fused-ring (bicyclic) bond motifs is 3. The average Bonchev–Trinajstić information content (AvgIpc) is 3.10. The van der Waals surface area contributed by atoms with E-state index < -0.39 is 5.60 Å². The van der Waals surface area contributed by atoms with Gasteiger partial charge in [-0.25, -0.2) is 0 Å². The first-order chi connectivity index (χ1) is 14.6. The van der Waals surface area contributed by atoms with Gasteiger partial charge in [0.1, 0.15) is 0 Å². The third-order valence-corrected chi connectivity index (χ3v) is 6.68. The van der Waals surface area contributed by atoms with Crippen LogP contribution >= 0.6 is 11.6 Å². The van der Waals surface area contributed by atoms with Crippen molar-refractivity contribution < 1.29 is 5.11 Å². The number of aliphatic hydroxyl groups is 1. The second kappa shape index (κ2) is 7.99. The fourth-order valence-corrected chi connectivity index (χ4v) is 4.84. The third-order valence-electron chi connectivity index (χ3n) is 6.43. The van der Waals surface area contributed by atoms with Crippen molar-refractivity contribution in [3.05, 3.63) is 94.6 Å². The lowest BCUT2D eigenvalue weighted by Gasteiger charge is -2.38. The zero-order valence-corrected chi connectivity index (χ0v) is 17.6. The molecule has 1 fully saturated rings. The van der Waals surface area contributed by atoms with Crippen LogP contribution in [0.4, 0.5) is 0 Å². The van der Waals surface area contributed by atoms with Crippen LogP contribution in [0.3, 0.4) is 0 Å². The number of rotatable bonds is 4.